The molecule has 0 fully saturated rings. The summed E-state index contributed by atoms with van der Waals surface area (Å²) in [5.74, 6) is 2.09. The van der Waals surface area contributed by atoms with Gasteiger partial charge in [-0.3, -0.25) is 4.90 Å². The standard InChI is InChI=1S/C13H24N2O/c1-6-10(2)15(5)9-13-7-12(8-14-4)11(3)16-13/h7,10,14H,6,8-9H2,1-5H3. The SMILES string of the molecule is CCC(C)N(C)Cc1cc(CNC)c(C)o1. The van der Waals surface area contributed by atoms with Crippen molar-refractivity contribution in [3.63, 3.8) is 0 Å². The molecule has 1 heterocycles. The summed E-state index contributed by atoms with van der Waals surface area (Å²) < 4.78 is 5.75. The van der Waals surface area contributed by atoms with Gasteiger partial charge in [-0.1, -0.05) is 6.92 Å². The molecule has 92 valence electrons. The van der Waals surface area contributed by atoms with Crippen LogP contribution in [0.3, 0.4) is 0 Å². The van der Waals surface area contributed by atoms with E-state index in [1.807, 2.05) is 14.0 Å². The van der Waals surface area contributed by atoms with Crippen molar-refractivity contribution in [2.75, 3.05) is 14.1 Å². The molecule has 0 saturated heterocycles. The lowest BCUT2D eigenvalue weighted by atomic mass is 10.2. The first-order chi connectivity index (χ1) is 7.58. The van der Waals surface area contributed by atoms with Crippen LogP contribution in [0.25, 0.3) is 0 Å². The zero-order chi connectivity index (χ0) is 12.1. The fourth-order valence-corrected chi connectivity index (χ4v) is 1.74. The summed E-state index contributed by atoms with van der Waals surface area (Å²) in [6.45, 7) is 8.24. The van der Waals surface area contributed by atoms with Gasteiger partial charge in [0.15, 0.2) is 0 Å². The van der Waals surface area contributed by atoms with E-state index in [2.05, 4.69) is 37.2 Å². The lowest BCUT2D eigenvalue weighted by Gasteiger charge is -2.21. The molecule has 1 N–H and O–H groups in total. The minimum absolute atomic E-state index is 0.596. The molecule has 0 radical (unpaired) electrons. The number of nitrogens with zero attached hydrogens (tertiary/aromatic N) is 1. The first-order valence-electron chi connectivity index (χ1n) is 6.01. The quantitative estimate of drug-likeness (QED) is 0.805. The minimum atomic E-state index is 0.596. The van der Waals surface area contributed by atoms with Gasteiger partial charge in [0, 0.05) is 18.2 Å². The van der Waals surface area contributed by atoms with Gasteiger partial charge in [-0.15, -0.1) is 0 Å². The van der Waals surface area contributed by atoms with Gasteiger partial charge in [0.1, 0.15) is 11.5 Å². The van der Waals surface area contributed by atoms with Crippen molar-refractivity contribution < 1.29 is 4.42 Å². The van der Waals surface area contributed by atoms with Gasteiger partial charge >= 0.3 is 0 Å². The summed E-state index contributed by atoms with van der Waals surface area (Å²) in [7, 11) is 4.10. The molecule has 0 saturated carbocycles. The summed E-state index contributed by atoms with van der Waals surface area (Å²) in [6.07, 6.45) is 1.17. The third kappa shape index (κ3) is 3.35. The van der Waals surface area contributed by atoms with Gasteiger partial charge < -0.3 is 9.73 Å². The Morgan fingerprint density at radius 2 is 2.19 bits per heavy atom. The van der Waals surface area contributed by atoms with Crippen LogP contribution in [-0.4, -0.2) is 25.0 Å². The lowest BCUT2D eigenvalue weighted by molar-refractivity contribution is 0.224. The molecule has 0 aliphatic carbocycles. The highest BCUT2D eigenvalue weighted by Gasteiger charge is 2.11. The molecular formula is C13H24N2O. The molecule has 1 rings (SSSR count). The van der Waals surface area contributed by atoms with Crippen molar-refractivity contribution in [3.05, 3.63) is 23.2 Å². The molecule has 0 amide bonds. The van der Waals surface area contributed by atoms with E-state index < -0.39 is 0 Å². The van der Waals surface area contributed by atoms with Crippen LogP contribution in [0.4, 0.5) is 0 Å². The second-order valence-corrected chi connectivity index (χ2v) is 4.50. The third-order valence-electron chi connectivity index (χ3n) is 3.19. The Kier molecular flexibility index (Phi) is 5.03. The lowest BCUT2D eigenvalue weighted by Crippen LogP contribution is -2.27. The van der Waals surface area contributed by atoms with Crippen molar-refractivity contribution in [1.29, 1.82) is 0 Å². The molecule has 0 bridgehead atoms. The maximum absolute atomic E-state index is 5.75. The number of aryl methyl sites for hydroxylation is 1. The Morgan fingerprint density at radius 1 is 1.50 bits per heavy atom. The number of furan rings is 1. The summed E-state index contributed by atoms with van der Waals surface area (Å²) in [6, 6.07) is 2.75. The predicted molar refractivity (Wildman–Crippen MR) is 67.4 cm³/mol. The number of hydrogen-bond acceptors (Lipinski definition) is 3. The van der Waals surface area contributed by atoms with Crippen LogP contribution < -0.4 is 5.32 Å². The summed E-state index contributed by atoms with van der Waals surface area (Å²) in [5, 5.41) is 3.15. The number of nitrogens with one attached hydrogen (secondary N) is 1. The van der Waals surface area contributed by atoms with Crippen LogP contribution in [0.15, 0.2) is 10.5 Å². The van der Waals surface area contributed by atoms with E-state index in [0.717, 1.165) is 24.6 Å². The zero-order valence-electron chi connectivity index (χ0n) is 11.1. The van der Waals surface area contributed by atoms with Gasteiger partial charge in [-0.2, -0.15) is 0 Å². The van der Waals surface area contributed by atoms with E-state index in [0.29, 0.717) is 6.04 Å². The highest BCUT2D eigenvalue weighted by Crippen LogP contribution is 2.17. The van der Waals surface area contributed by atoms with Crippen LogP contribution in [0, 0.1) is 6.92 Å². The molecule has 0 spiro atoms. The number of rotatable bonds is 6. The average molecular weight is 224 g/mol. The molecule has 0 aliphatic heterocycles. The van der Waals surface area contributed by atoms with Crippen LogP contribution >= 0.6 is 0 Å². The Morgan fingerprint density at radius 3 is 2.75 bits per heavy atom. The molecule has 0 aromatic carbocycles. The van der Waals surface area contributed by atoms with E-state index in [1.54, 1.807) is 0 Å². The Balaban J connectivity index is 2.63. The Hall–Kier alpha value is -0.800. The maximum atomic E-state index is 5.75. The van der Waals surface area contributed by atoms with Crippen molar-refractivity contribution in [2.24, 2.45) is 0 Å². The van der Waals surface area contributed by atoms with Crippen molar-refractivity contribution >= 4 is 0 Å². The fraction of sp³-hybridized carbons (Fsp3) is 0.692. The molecule has 3 nitrogen and oxygen atoms in total. The molecule has 1 aromatic heterocycles. The normalized spacial score (nSPS) is 13.4. The van der Waals surface area contributed by atoms with Gasteiger partial charge in [-0.05, 0) is 40.4 Å². The zero-order valence-corrected chi connectivity index (χ0v) is 11.1. The van der Waals surface area contributed by atoms with Gasteiger partial charge in [0.25, 0.3) is 0 Å². The monoisotopic (exact) mass is 224 g/mol. The fourth-order valence-electron chi connectivity index (χ4n) is 1.74. The molecular weight excluding hydrogens is 200 g/mol. The van der Waals surface area contributed by atoms with Crippen molar-refractivity contribution in [3.8, 4) is 0 Å². The second-order valence-electron chi connectivity index (χ2n) is 4.50. The highest BCUT2D eigenvalue weighted by atomic mass is 16.3. The van der Waals surface area contributed by atoms with E-state index in [1.165, 1.54) is 12.0 Å². The smallest absolute Gasteiger partial charge is 0.118 e. The summed E-state index contributed by atoms with van der Waals surface area (Å²) in [4.78, 5) is 2.32. The first-order valence-corrected chi connectivity index (χ1v) is 6.01. The Labute approximate surface area is 98.8 Å². The van der Waals surface area contributed by atoms with Crippen LogP contribution in [0.1, 0.15) is 37.4 Å². The second kappa shape index (κ2) is 6.06. The topological polar surface area (TPSA) is 28.4 Å². The van der Waals surface area contributed by atoms with Crippen LogP contribution in [0.2, 0.25) is 0 Å². The van der Waals surface area contributed by atoms with Crippen molar-refractivity contribution in [2.45, 2.75) is 46.3 Å². The maximum Gasteiger partial charge on any atom is 0.118 e. The van der Waals surface area contributed by atoms with Gasteiger partial charge in [0.05, 0.1) is 6.54 Å². The van der Waals surface area contributed by atoms with E-state index in [4.69, 9.17) is 4.42 Å². The van der Waals surface area contributed by atoms with E-state index >= 15 is 0 Å². The largest absolute Gasteiger partial charge is 0.465 e. The van der Waals surface area contributed by atoms with E-state index in [9.17, 15) is 0 Å². The first kappa shape index (κ1) is 13.3. The predicted octanol–water partition coefficient (Wildman–Crippen LogP) is 2.54. The molecule has 0 aliphatic rings. The van der Waals surface area contributed by atoms with Gasteiger partial charge in [-0.25, -0.2) is 0 Å². The highest BCUT2D eigenvalue weighted by molar-refractivity contribution is 5.20. The average Bonchev–Trinajstić information content (AvgIpc) is 2.58. The van der Waals surface area contributed by atoms with Crippen molar-refractivity contribution in [1.82, 2.24) is 10.2 Å². The number of hydrogen-bond donors (Lipinski definition) is 1. The minimum Gasteiger partial charge on any atom is -0.465 e. The molecule has 3 heteroatoms. The molecule has 1 aromatic rings. The van der Waals surface area contributed by atoms with Gasteiger partial charge in [0.2, 0.25) is 0 Å². The van der Waals surface area contributed by atoms with Crippen LogP contribution in [0.5, 0.6) is 0 Å². The molecule has 1 atom stereocenters. The molecule has 16 heavy (non-hydrogen) atoms. The third-order valence-corrected chi connectivity index (χ3v) is 3.19. The van der Waals surface area contributed by atoms with E-state index in [-0.39, 0.29) is 0 Å². The molecule has 1 unspecified atom stereocenters. The Bertz CT molecular complexity index is 320. The summed E-state index contributed by atoms with van der Waals surface area (Å²) >= 11 is 0. The summed E-state index contributed by atoms with van der Waals surface area (Å²) in [5.41, 5.74) is 1.26. The van der Waals surface area contributed by atoms with Crippen LogP contribution in [-0.2, 0) is 13.1 Å².